The molecular formula is C9H8F5NO. The summed E-state index contributed by atoms with van der Waals surface area (Å²) in [5.74, 6) is -0.556. The monoisotopic (exact) mass is 241 g/mol. The van der Waals surface area contributed by atoms with Crippen molar-refractivity contribution in [1.29, 1.82) is 0 Å². The number of benzene rings is 1. The average Bonchev–Trinajstić information content (AvgIpc) is 2.15. The normalized spacial score (nSPS) is 11.9. The summed E-state index contributed by atoms with van der Waals surface area (Å²) in [7, 11) is 0. The summed E-state index contributed by atoms with van der Waals surface area (Å²) >= 11 is 0. The first-order chi connectivity index (χ1) is 7.33. The molecule has 2 nitrogen and oxygen atoms in total. The third-order valence-electron chi connectivity index (χ3n) is 1.78. The van der Waals surface area contributed by atoms with Gasteiger partial charge in [-0.1, -0.05) is 0 Å². The van der Waals surface area contributed by atoms with Crippen molar-refractivity contribution in [2.75, 3.05) is 0 Å². The van der Waals surface area contributed by atoms with Crippen molar-refractivity contribution in [3.05, 3.63) is 29.3 Å². The molecule has 0 aromatic heterocycles. The smallest absolute Gasteiger partial charge is 0.405 e. The molecule has 1 aromatic rings. The minimum absolute atomic E-state index is 0.116. The SMILES string of the molecule is NCc1cc(C(F)F)ccc1OC(F)(F)F. The molecule has 16 heavy (non-hydrogen) atoms. The summed E-state index contributed by atoms with van der Waals surface area (Å²) in [5, 5.41) is 0. The van der Waals surface area contributed by atoms with Gasteiger partial charge in [-0.05, 0) is 18.2 Å². The topological polar surface area (TPSA) is 35.2 Å². The lowest BCUT2D eigenvalue weighted by molar-refractivity contribution is -0.274. The highest BCUT2D eigenvalue weighted by Gasteiger charge is 2.32. The van der Waals surface area contributed by atoms with Crippen LogP contribution in [0.1, 0.15) is 17.6 Å². The molecular weight excluding hydrogens is 233 g/mol. The highest BCUT2D eigenvalue weighted by atomic mass is 19.4. The zero-order valence-corrected chi connectivity index (χ0v) is 7.89. The highest BCUT2D eigenvalue weighted by Crippen LogP contribution is 2.29. The largest absolute Gasteiger partial charge is 0.573 e. The maximum atomic E-state index is 12.2. The van der Waals surface area contributed by atoms with Crippen LogP contribution in [0, 0.1) is 0 Å². The average molecular weight is 241 g/mol. The van der Waals surface area contributed by atoms with Crippen LogP contribution in [0.25, 0.3) is 0 Å². The van der Waals surface area contributed by atoms with Crippen molar-refractivity contribution in [2.45, 2.75) is 19.3 Å². The first-order valence-electron chi connectivity index (χ1n) is 4.20. The summed E-state index contributed by atoms with van der Waals surface area (Å²) < 4.78 is 63.8. The van der Waals surface area contributed by atoms with Gasteiger partial charge < -0.3 is 10.5 Å². The Hall–Kier alpha value is -1.37. The molecule has 0 fully saturated rings. The van der Waals surface area contributed by atoms with E-state index in [0.717, 1.165) is 18.2 Å². The Balaban J connectivity index is 3.02. The number of rotatable bonds is 3. The minimum atomic E-state index is -4.86. The molecule has 0 bridgehead atoms. The van der Waals surface area contributed by atoms with E-state index in [4.69, 9.17) is 5.73 Å². The number of hydrogen-bond donors (Lipinski definition) is 1. The van der Waals surface area contributed by atoms with Gasteiger partial charge in [-0.3, -0.25) is 0 Å². The van der Waals surface area contributed by atoms with Crippen LogP contribution in [-0.4, -0.2) is 6.36 Å². The number of alkyl halides is 5. The van der Waals surface area contributed by atoms with E-state index in [1.54, 1.807) is 0 Å². The number of ether oxygens (including phenoxy) is 1. The maximum Gasteiger partial charge on any atom is 0.573 e. The number of nitrogens with two attached hydrogens (primary N) is 1. The van der Waals surface area contributed by atoms with Crippen molar-refractivity contribution in [3.63, 3.8) is 0 Å². The predicted molar refractivity (Wildman–Crippen MR) is 46.0 cm³/mol. The highest BCUT2D eigenvalue weighted by molar-refractivity contribution is 5.37. The number of halogens is 5. The molecule has 0 saturated heterocycles. The van der Waals surface area contributed by atoms with Crippen LogP contribution < -0.4 is 10.5 Å². The lowest BCUT2D eigenvalue weighted by Gasteiger charge is -2.13. The standard InChI is InChI=1S/C9H8F5NO/c10-8(11)5-1-2-7(6(3-5)4-15)16-9(12,13)14/h1-3,8H,4,15H2. The van der Waals surface area contributed by atoms with Crippen LogP contribution in [0.5, 0.6) is 5.75 Å². The van der Waals surface area contributed by atoms with E-state index < -0.39 is 24.1 Å². The molecule has 0 aliphatic heterocycles. The Morgan fingerprint density at radius 3 is 2.31 bits per heavy atom. The van der Waals surface area contributed by atoms with E-state index in [2.05, 4.69) is 4.74 Å². The van der Waals surface area contributed by atoms with Crippen LogP contribution >= 0.6 is 0 Å². The molecule has 0 aliphatic carbocycles. The summed E-state index contributed by atoms with van der Waals surface area (Å²) in [5.41, 5.74) is 4.64. The van der Waals surface area contributed by atoms with Crippen molar-refractivity contribution in [2.24, 2.45) is 5.73 Å². The van der Waals surface area contributed by atoms with Gasteiger partial charge in [0.1, 0.15) is 5.75 Å². The molecule has 0 amide bonds. The van der Waals surface area contributed by atoms with E-state index in [1.165, 1.54) is 0 Å². The Morgan fingerprint density at radius 2 is 1.88 bits per heavy atom. The van der Waals surface area contributed by atoms with Crippen molar-refractivity contribution in [1.82, 2.24) is 0 Å². The van der Waals surface area contributed by atoms with Crippen molar-refractivity contribution < 1.29 is 26.7 Å². The first-order valence-corrected chi connectivity index (χ1v) is 4.20. The van der Waals surface area contributed by atoms with Gasteiger partial charge in [0.2, 0.25) is 0 Å². The van der Waals surface area contributed by atoms with E-state index in [1.807, 2.05) is 0 Å². The Morgan fingerprint density at radius 1 is 1.25 bits per heavy atom. The second-order valence-electron chi connectivity index (χ2n) is 2.92. The van der Waals surface area contributed by atoms with Crippen LogP contribution in [0.15, 0.2) is 18.2 Å². The second-order valence-corrected chi connectivity index (χ2v) is 2.92. The lowest BCUT2D eigenvalue weighted by atomic mass is 10.1. The quantitative estimate of drug-likeness (QED) is 0.825. The summed E-state index contributed by atoms with van der Waals surface area (Å²) in [6.45, 7) is -0.314. The van der Waals surface area contributed by atoms with E-state index >= 15 is 0 Å². The van der Waals surface area contributed by atoms with Crippen LogP contribution in [0.4, 0.5) is 22.0 Å². The molecule has 7 heteroatoms. The minimum Gasteiger partial charge on any atom is -0.405 e. The molecule has 0 aliphatic rings. The number of hydrogen-bond acceptors (Lipinski definition) is 2. The fourth-order valence-electron chi connectivity index (χ4n) is 1.12. The third kappa shape index (κ3) is 3.34. The molecule has 0 radical (unpaired) electrons. The molecule has 2 N–H and O–H groups in total. The zero-order valence-electron chi connectivity index (χ0n) is 7.89. The molecule has 0 heterocycles. The maximum absolute atomic E-state index is 12.2. The van der Waals surface area contributed by atoms with Crippen LogP contribution in [0.3, 0.4) is 0 Å². The van der Waals surface area contributed by atoms with Gasteiger partial charge in [0.05, 0.1) is 0 Å². The molecule has 0 spiro atoms. The first kappa shape index (κ1) is 12.7. The molecule has 1 rings (SSSR count). The molecule has 1 aromatic carbocycles. The molecule has 90 valence electrons. The second kappa shape index (κ2) is 4.65. The molecule has 0 saturated carbocycles. The van der Waals surface area contributed by atoms with Gasteiger partial charge in [0, 0.05) is 17.7 Å². The third-order valence-corrected chi connectivity index (χ3v) is 1.78. The molecule has 0 atom stereocenters. The Labute approximate surface area is 87.8 Å². The van der Waals surface area contributed by atoms with Crippen LogP contribution in [-0.2, 0) is 6.54 Å². The lowest BCUT2D eigenvalue weighted by Crippen LogP contribution is -2.18. The molecule has 0 unspecified atom stereocenters. The van der Waals surface area contributed by atoms with E-state index in [-0.39, 0.29) is 12.1 Å². The summed E-state index contributed by atoms with van der Waals surface area (Å²) in [6, 6.07) is 2.59. The van der Waals surface area contributed by atoms with Gasteiger partial charge in [-0.2, -0.15) is 0 Å². The fraction of sp³-hybridized carbons (Fsp3) is 0.333. The van der Waals surface area contributed by atoms with E-state index in [0.29, 0.717) is 0 Å². The van der Waals surface area contributed by atoms with Crippen molar-refractivity contribution in [3.8, 4) is 5.75 Å². The summed E-state index contributed by atoms with van der Waals surface area (Å²) in [4.78, 5) is 0. The van der Waals surface area contributed by atoms with Crippen LogP contribution in [0.2, 0.25) is 0 Å². The van der Waals surface area contributed by atoms with Gasteiger partial charge in [0.15, 0.2) is 0 Å². The fourth-order valence-corrected chi connectivity index (χ4v) is 1.12. The van der Waals surface area contributed by atoms with Gasteiger partial charge in [0.25, 0.3) is 6.43 Å². The van der Waals surface area contributed by atoms with Gasteiger partial charge in [-0.25, -0.2) is 8.78 Å². The summed E-state index contributed by atoms with van der Waals surface area (Å²) in [6.07, 6.45) is -7.62. The van der Waals surface area contributed by atoms with Gasteiger partial charge >= 0.3 is 6.36 Å². The Bertz CT molecular complexity index is 363. The predicted octanol–water partition coefficient (Wildman–Crippen LogP) is 2.98. The Kier molecular flexibility index (Phi) is 3.69. The van der Waals surface area contributed by atoms with Gasteiger partial charge in [-0.15, -0.1) is 13.2 Å². The van der Waals surface area contributed by atoms with Crippen molar-refractivity contribution >= 4 is 0 Å². The zero-order chi connectivity index (χ0) is 12.3. The van der Waals surface area contributed by atoms with E-state index in [9.17, 15) is 22.0 Å².